The maximum absolute atomic E-state index is 13.7. The second kappa shape index (κ2) is 8.28. The summed E-state index contributed by atoms with van der Waals surface area (Å²) < 4.78 is 13.7. The minimum absolute atomic E-state index is 0.268. The quantitative estimate of drug-likeness (QED) is 0.410. The molecule has 0 amide bonds. The van der Waals surface area contributed by atoms with Crippen molar-refractivity contribution in [2.45, 2.75) is 44.7 Å². The Labute approximate surface area is 197 Å². The average molecular weight is 482 g/mol. The third-order valence-corrected chi connectivity index (χ3v) is 7.72. The van der Waals surface area contributed by atoms with E-state index in [0.717, 1.165) is 5.56 Å². The van der Waals surface area contributed by atoms with Gasteiger partial charge in [-0.15, -0.1) is 11.3 Å². The van der Waals surface area contributed by atoms with Crippen LogP contribution in [0.3, 0.4) is 0 Å². The van der Waals surface area contributed by atoms with Gasteiger partial charge in [0.2, 0.25) is 5.89 Å². The van der Waals surface area contributed by atoms with E-state index in [-0.39, 0.29) is 6.42 Å². The average Bonchev–Trinajstić information content (AvgIpc) is 3.20. The van der Waals surface area contributed by atoms with Crippen LogP contribution < -0.4 is 16.0 Å². The number of aromatic nitrogens is 3. The lowest BCUT2D eigenvalue weighted by molar-refractivity contribution is -0.138. The van der Waals surface area contributed by atoms with Gasteiger partial charge in [-0.2, -0.15) is 0 Å². The number of aryl methyl sites for hydroxylation is 3. The van der Waals surface area contributed by atoms with Gasteiger partial charge in [-0.1, -0.05) is 18.2 Å². The summed E-state index contributed by atoms with van der Waals surface area (Å²) in [6.07, 6.45) is 4.16. The van der Waals surface area contributed by atoms with Crippen molar-refractivity contribution in [3.05, 3.63) is 68.7 Å². The number of fused-ring (bicyclic) bond motifs is 1. The van der Waals surface area contributed by atoms with E-state index >= 15 is 0 Å². The molecule has 10 heteroatoms. The molecule has 9 nitrogen and oxygen atoms in total. The van der Waals surface area contributed by atoms with Crippen molar-refractivity contribution in [1.82, 2.24) is 14.1 Å². The predicted octanol–water partition coefficient (Wildman–Crippen LogP) is 3.40. The van der Waals surface area contributed by atoms with Crippen molar-refractivity contribution in [1.29, 1.82) is 0 Å². The topological polar surface area (TPSA) is 117 Å². The third-order valence-electron chi connectivity index (χ3n) is 6.42. The van der Waals surface area contributed by atoms with E-state index in [1.54, 1.807) is 18.6 Å². The number of carboxylic acid groups (broad SMARTS) is 1. The molecule has 1 aliphatic rings. The Kier molecular flexibility index (Phi) is 5.40. The first-order valence-electron chi connectivity index (χ1n) is 10.9. The lowest BCUT2D eigenvalue weighted by atomic mass is 10.1. The molecule has 3 heterocycles. The predicted molar refractivity (Wildman–Crippen MR) is 127 cm³/mol. The molecule has 34 heavy (non-hydrogen) atoms. The minimum atomic E-state index is -1.04. The fourth-order valence-electron chi connectivity index (χ4n) is 4.55. The van der Waals surface area contributed by atoms with E-state index in [2.05, 4.69) is 4.98 Å². The molecule has 4 aromatic rings. The van der Waals surface area contributed by atoms with Crippen molar-refractivity contribution >= 4 is 27.5 Å². The number of methoxy groups -OCH3 is 1. The van der Waals surface area contributed by atoms with Gasteiger partial charge < -0.3 is 14.3 Å². The Balaban J connectivity index is 1.72. The van der Waals surface area contributed by atoms with Gasteiger partial charge in [0.05, 0.1) is 35.5 Å². The molecule has 1 N–H and O–H groups in total. The lowest BCUT2D eigenvalue weighted by Crippen LogP contribution is -2.46. The number of benzene rings is 1. The minimum Gasteiger partial charge on any atom is -0.496 e. The smallest absolute Gasteiger partial charge is 0.332 e. The van der Waals surface area contributed by atoms with Crippen LogP contribution in [0.1, 0.15) is 30.4 Å². The maximum Gasteiger partial charge on any atom is 0.332 e. The molecule has 176 valence electrons. The first kappa shape index (κ1) is 22.1. The Hall–Kier alpha value is -3.66. The number of thiophene rings is 1. The highest BCUT2D eigenvalue weighted by atomic mass is 32.1. The summed E-state index contributed by atoms with van der Waals surface area (Å²) in [4.78, 5) is 44.3. The molecule has 1 aliphatic carbocycles. The zero-order valence-corrected chi connectivity index (χ0v) is 19.6. The third kappa shape index (κ3) is 3.54. The van der Waals surface area contributed by atoms with Crippen LogP contribution >= 0.6 is 11.3 Å². The molecule has 0 atom stereocenters. The van der Waals surface area contributed by atoms with Crippen molar-refractivity contribution < 1.29 is 19.1 Å². The van der Waals surface area contributed by atoms with E-state index < -0.39 is 22.8 Å². The number of rotatable bonds is 8. The highest BCUT2D eigenvalue weighted by molar-refractivity contribution is 7.22. The summed E-state index contributed by atoms with van der Waals surface area (Å²) in [7, 11) is 1.59. The second-order valence-electron chi connectivity index (χ2n) is 8.51. The Bertz CT molecular complexity index is 1510. The van der Waals surface area contributed by atoms with Gasteiger partial charge in [0, 0.05) is 6.54 Å². The van der Waals surface area contributed by atoms with E-state index in [4.69, 9.17) is 9.15 Å². The Morgan fingerprint density at radius 2 is 2.06 bits per heavy atom. The van der Waals surface area contributed by atoms with Crippen LogP contribution in [0.25, 0.3) is 21.0 Å². The summed E-state index contributed by atoms with van der Waals surface area (Å²) in [6.45, 7) is 2.10. The van der Waals surface area contributed by atoms with E-state index in [0.29, 0.717) is 58.1 Å². The zero-order valence-electron chi connectivity index (χ0n) is 18.7. The number of nitrogens with zero attached hydrogens (tertiary/aromatic N) is 3. The van der Waals surface area contributed by atoms with Crippen LogP contribution in [-0.4, -0.2) is 32.3 Å². The molecular formula is C24H23N3O6S. The lowest BCUT2D eigenvalue weighted by Gasteiger charge is -2.19. The largest absolute Gasteiger partial charge is 0.496 e. The first-order chi connectivity index (χ1) is 16.4. The molecule has 5 rings (SSSR count). The van der Waals surface area contributed by atoms with Crippen LogP contribution in [0.5, 0.6) is 5.75 Å². The van der Waals surface area contributed by atoms with Gasteiger partial charge in [-0.25, -0.2) is 9.78 Å². The summed E-state index contributed by atoms with van der Waals surface area (Å²) in [5.41, 5.74) is -0.350. The fourth-order valence-corrected chi connectivity index (χ4v) is 5.81. The monoisotopic (exact) mass is 481 g/mol. The number of hydrogen-bond acceptors (Lipinski definition) is 7. The summed E-state index contributed by atoms with van der Waals surface area (Å²) >= 11 is 1.28. The van der Waals surface area contributed by atoms with Crippen molar-refractivity contribution in [2.24, 2.45) is 0 Å². The molecular weight excluding hydrogens is 458 g/mol. The van der Waals surface area contributed by atoms with Gasteiger partial charge in [0.15, 0.2) is 0 Å². The Morgan fingerprint density at radius 3 is 2.71 bits per heavy atom. The fraction of sp³-hybridized carbons (Fsp3) is 0.333. The SMILES string of the molecule is COc1ccccc1CCn1c(=O)n(C2(CC(=O)O)CC2)c(=O)c2c(C)c(-c3ncco3)sc21. The number of hydrogen-bond donors (Lipinski definition) is 1. The van der Waals surface area contributed by atoms with E-state index in [1.165, 1.54) is 28.4 Å². The van der Waals surface area contributed by atoms with E-state index in [9.17, 15) is 19.5 Å². The van der Waals surface area contributed by atoms with Crippen molar-refractivity contribution in [3.63, 3.8) is 0 Å². The molecule has 1 saturated carbocycles. The van der Waals surface area contributed by atoms with Gasteiger partial charge in [-0.05, 0) is 43.4 Å². The molecule has 0 unspecified atom stereocenters. The normalized spacial score (nSPS) is 14.4. The molecule has 0 spiro atoms. The van der Waals surface area contributed by atoms with Crippen molar-refractivity contribution in [2.75, 3.05) is 7.11 Å². The number of ether oxygens (including phenoxy) is 1. The molecule has 0 bridgehead atoms. The second-order valence-corrected chi connectivity index (χ2v) is 9.50. The van der Waals surface area contributed by atoms with Gasteiger partial charge in [0.25, 0.3) is 5.56 Å². The van der Waals surface area contributed by atoms with Crippen LogP contribution in [0.15, 0.2) is 50.7 Å². The van der Waals surface area contributed by atoms with E-state index in [1.807, 2.05) is 24.3 Å². The van der Waals surface area contributed by atoms with Crippen LogP contribution in [0.2, 0.25) is 0 Å². The number of oxazole rings is 1. The molecule has 1 fully saturated rings. The number of para-hydroxylation sites is 1. The number of carboxylic acids is 1. The van der Waals surface area contributed by atoms with Crippen molar-refractivity contribution in [3.8, 4) is 16.5 Å². The highest BCUT2D eigenvalue weighted by Crippen LogP contribution is 2.45. The molecule has 0 saturated heterocycles. The van der Waals surface area contributed by atoms with Gasteiger partial charge in [0.1, 0.15) is 16.8 Å². The van der Waals surface area contributed by atoms with Crippen LogP contribution in [0, 0.1) is 6.92 Å². The Morgan fingerprint density at radius 1 is 1.29 bits per heavy atom. The summed E-state index contributed by atoms with van der Waals surface area (Å²) in [6, 6.07) is 7.57. The van der Waals surface area contributed by atoms with Crippen LogP contribution in [0.4, 0.5) is 0 Å². The van der Waals surface area contributed by atoms with Gasteiger partial charge in [-0.3, -0.25) is 18.7 Å². The van der Waals surface area contributed by atoms with Gasteiger partial charge >= 0.3 is 11.7 Å². The number of carbonyl (C=O) groups is 1. The summed E-state index contributed by atoms with van der Waals surface area (Å²) in [5.74, 6) is 0.0551. The molecule has 1 aromatic carbocycles. The molecule has 3 aromatic heterocycles. The highest BCUT2D eigenvalue weighted by Gasteiger charge is 2.49. The standard InChI is InChI=1S/C24H23N3O6S/c1-14-18-21(30)27(24(8-9-24)13-17(28)29)23(31)26(11-7-15-5-3-4-6-16(15)32-2)22(18)34-19(14)20-25-10-12-33-20/h3-6,10,12H,7-9,11,13H2,1-2H3,(H,28,29). The first-order valence-corrected chi connectivity index (χ1v) is 11.7. The maximum atomic E-state index is 13.7. The number of aliphatic carboxylic acids is 1. The zero-order chi connectivity index (χ0) is 24.0. The van der Waals surface area contributed by atoms with Crippen LogP contribution in [-0.2, 0) is 23.3 Å². The molecule has 0 radical (unpaired) electrons. The summed E-state index contributed by atoms with van der Waals surface area (Å²) in [5, 5.41) is 9.85. The molecule has 0 aliphatic heterocycles.